The summed E-state index contributed by atoms with van der Waals surface area (Å²) in [6, 6.07) is 2.67. The molecule has 0 saturated carbocycles. The zero-order valence-corrected chi connectivity index (χ0v) is 8.95. The van der Waals surface area contributed by atoms with Crippen molar-refractivity contribution in [2.45, 2.75) is 0 Å². The van der Waals surface area contributed by atoms with Crippen molar-refractivity contribution < 1.29 is 19.2 Å². The summed E-state index contributed by atoms with van der Waals surface area (Å²) < 4.78 is 18.5. The van der Waals surface area contributed by atoms with Gasteiger partial charge < -0.3 is 14.8 Å². The summed E-state index contributed by atoms with van der Waals surface area (Å²) in [4.78, 5) is 0. The van der Waals surface area contributed by atoms with Gasteiger partial charge in [-0.3, -0.25) is 0 Å². The third-order valence-electron chi connectivity index (χ3n) is 1.56. The third kappa shape index (κ3) is 2.12. The van der Waals surface area contributed by atoms with Crippen LogP contribution in [0.5, 0.6) is 5.75 Å². The Hall–Kier alpha value is -0.335. The zero-order chi connectivity index (χ0) is 10.0. The van der Waals surface area contributed by atoms with Gasteiger partial charge in [0.05, 0.1) is 16.1 Å². The van der Waals surface area contributed by atoms with Crippen LogP contribution in [0.15, 0.2) is 12.1 Å². The first kappa shape index (κ1) is 10.7. The molecule has 3 nitrogen and oxygen atoms in total. The molecular formula is C7H7BFIO3. The number of benzene rings is 1. The summed E-state index contributed by atoms with van der Waals surface area (Å²) in [6.45, 7) is 0. The molecule has 6 heteroatoms. The molecule has 0 saturated heterocycles. The largest absolute Gasteiger partial charge is 0.496 e. The highest BCUT2D eigenvalue weighted by molar-refractivity contribution is 14.1. The first-order valence-corrected chi connectivity index (χ1v) is 4.53. The molecule has 70 valence electrons. The van der Waals surface area contributed by atoms with Crippen molar-refractivity contribution in [1.29, 1.82) is 0 Å². The van der Waals surface area contributed by atoms with E-state index in [0.29, 0.717) is 3.57 Å². The lowest BCUT2D eigenvalue weighted by atomic mass is 9.79. The summed E-state index contributed by atoms with van der Waals surface area (Å²) in [7, 11) is -0.507. The van der Waals surface area contributed by atoms with Crippen molar-refractivity contribution in [1.82, 2.24) is 0 Å². The highest BCUT2D eigenvalue weighted by atomic mass is 127. The molecule has 0 unspecified atom stereocenters. The van der Waals surface area contributed by atoms with Gasteiger partial charge in [0.2, 0.25) is 0 Å². The minimum Gasteiger partial charge on any atom is -0.496 e. The van der Waals surface area contributed by atoms with Gasteiger partial charge in [-0.05, 0) is 34.7 Å². The fraction of sp³-hybridized carbons (Fsp3) is 0.143. The monoisotopic (exact) mass is 296 g/mol. The standard InChI is InChI=1S/C7H7BFIO3/c1-13-7-5(10)3-2-4(9)6(7)8(11)12/h2-3,11-12H,1H3. The molecule has 0 aromatic heterocycles. The van der Waals surface area contributed by atoms with E-state index < -0.39 is 12.9 Å². The van der Waals surface area contributed by atoms with Gasteiger partial charge in [0.25, 0.3) is 0 Å². The van der Waals surface area contributed by atoms with Crippen LogP contribution in [0.25, 0.3) is 0 Å². The topological polar surface area (TPSA) is 49.7 Å². The van der Waals surface area contributed by atoms with Crippen molar-refractivity contribution in [2.75, 3.05) is 7.11 Å². The molecule has 0 fully saturated rings. The Morgan fingerprint density at radius 1 is 1.46 bits per heavy atom. The van der Waals surface area contributed by atoms with Crippen molar-refractivity contribution in [2.24, 2.45) is 0 Å². The van der Waals surface area contributed by atoms with E-state index in [2.05, 4.69) is 0 Å². The quantitative estimate of drug-likeness (QED) is 0.602. The van der Waals surface area contributed by atoms with Crippen LogP contribution in [-0.2, 0) is 0 Å². The van der Waals surface area contributed by atoms with Gasteiger partial charge in [-0.1, -0.05) is 0 Å². The van der Waals surface area contributed by atoms with E-state index >= 15 is 0 Å². The van der Waals surface area contributed by atoms with Crippen molar-refractivity contribution >= 4 is 35.2 Å². The lowest BCUT2D eigenvalue weighted by Crippen LogP contribution is -2.34. The highest BCUT2D eigenvalue weighted by Gasteiger charge is 2.23. The van der Waals surface area contributed by atoms with E-state index in [1.165, 1.54) is 19.2 Å². The minimum absolute atomic E-state index is 0.163. The number of ether oxygens (including phenoxy) is 1. The molecule has 2 N–H and O–H groups in total. The van der Waals surface area contributed by atoms with Crippen LogP contribution in [0.1, 0.15) is 0 Å². The first-order valence-electron chi connectivity index (χ1n) is 3.46. The predicted octanol–water partition coefficient (Wildman–Crippen LogP) is 0.119. The molecule has 0 aliphatic carbocycles. The van der Waals surface area contributed by atoms with Crippen molar-refractivity contribution in [3.63, 3.8) is 0 Å². The normalized spacial score (nSPS) is 9.92. The molecule has 1 aromatic rings. The van der Waals surface area contributed by atoms with Crippen molar-refractivity contribution in [3.8, 4) is 5.75 Å². The maximum absolute atomic E-state index is 13.1. The summed E-state index contributed by atoms with van der Waals surface area (Å²) in [5.74, 6) is -0.525. The van der Waals surface area contributed by atoms with Gasteiger partial charge in [-0.25, -0.2) is 4.39 Å². The first-order chi connectivity index (χ1) is 6.07. The van der Waals surface area contributed by atoms with Gasteiger partial charge in [0, 0.05) is 0 Å². The molecule has 13 heavy (non-hydrogen) atoms. The van der Waals surface area contributed by atoms with Crippen LogP contribution in [0.2, 0.25) is 0 Å². The summed E-state index contributed by atoms with van der Waals surface area (Å²) in [5.41, 5.74) is -0.227. The average molecular weight is 296 g/mol. The van der Waals surface area contributed by atoms with Crippen LogP contribution in [0.4, 0.5) is 4.39 Å². The second-order valence-corrected chi connectivity index (χ2v) is 3.51. The van der Waals surface area contributed by atoms with E-state index in [0.717, 1.165) is 0 Å². The molecule has 0 heterocycles. The Morgan fingerprint density at radius 2 is 2.08 bits per heavy atom. The van der Waals surface area contributed by atoms with Crippen LogP contribution >= 0.6 is 22.6 Å². The van der Waals surface area contributed by atoms with Crippen LogP contribution in [0, 0.1) is 9.39 Å². The molecule has 0 amide bonds. The Labute approximate surface area is 88.8 Å². The average Bonchev–Trinajstić information content (AvgIpc) is 2.07. The maximum atomic E-state index is 13.1. The molecular weight excluding hydrogens is 289 g/mol. The SMILES string of the molecule is COc1c(I)ccc(F)c1B(O)O. The van der Waals surface area contributed by atoms with Gasteiger partial charge in [0.15, 0.2) is 0 Å². The zero-order valence-electron chi connectivity index (χ0n) is 6.79. The van der Waals surface area contributed by atoms with Crippen molar-refractivity contribution in [3.05, 3.63) is 21.5 Å². The Kier molecular flexibility index (Phi) is 3.51. The van der Waals surface area contributed by atoms with E-state index in [1.54, 1.807) is 0 Å². The predicted molar refractivity (Wildman–Crippen MR) is 55.5 cm³/mol. The summed E-state index contributed by atoms with van der Waals surface area (Å²) in [6.07, 6.45) is 0. The Morgan fingerprint density at radius 3 is 2.46 bits per heavy atom. The number of hydrogen-bond acceptors (Lipinski definition) is 3. The van der Waals surface area contributed by atoms with E-state index in [4.69, 9.17) is 14.8 Å². The van der Waals surface area contributed by atoms with E-state index in [-0.39, 0.29) is 11.2 Å². The Balaban J connectivity index is 3.35. The van der Waals surface area contributed by atoms with Gasteiger partial charge >= 0.3 is 7.12 Å². The number of methoxy groups -OCH3 is 1. The third-order valence-corrected chi connectivity index (χ3v) is 2.41. The molecule has 0 aliphatic rings. The molecule has 1 aromatic carbocycles. The molecule has 0 atom stereocenters. The molecule has 0 bridgehead atoms. The fourth-order valence-electron chi connectivity index (χ4n) is 0.997. The van der Waals surface area contributed by atoms with Gasteiger partial charge in [-0.2, -0.15) is 0 Å². The van der Waals surface area contributed by atoms with Crippen LogP contribution < -0.4 is 10.2 Å². The van der Waals surface area contributed by atoms with Gasteiger partial charge in [-0.15, -0.1) is 0 Å². The second-order valence-electron chi connectivity index (χ2n) is 2.35. The highest BCUT2D eigenvalue weighted by Crippen LogP contribution is 2.19. The molecule has 0 spiro atoms. The molecule has 0 aliphatic heterocycles. The summed E-state index contributed by atoms with van der Waals surface area (Å²) in [5, 5.41) is 17.7. The fourth-order valence-corrected chi connectivity index (χ4v) is 1.69. The Bertz CT molecular complexity index is 319. The lowest BCUT2D eigenvalue weighted by molar-refractivity contribution is 0.397. The molecule has 1 rings (SSSR count). The maximum Gasteiger partial charge on any atom is 0.495 e. The van der Waals surface area contributed by atoms with E-state index in [1.807, 2.05) is 22.6 Å². The van der Waals surface area contributed by atoms with Gasteiger partial charge in [0.1, 0.15) is 11.6 Å². The summed E-state index contributed by atoms with van der Waals surface area (Å²) >= 11 is 1.92. The minimum atomic E-state index is -1.86. The van der Waals surface area contributed by atoms with Crippen LogP contribution in [-0.4, -0.2) is 24.3 Å². The van der Waals surface area contributed by atoms with E-state index in [9.17, 15) is 4.39 Å². The lowest BCUT2D eigenvalue weighted by Gasteiger charge is -2.10. The smallest absolute Gasteiger partial charge is 0.495 e. The number of rotatable bonds is 2. The number of halogens is 2. The molecule has 0 radical (unpaired) electrons. The number of hydrogen-bond donors (Lipinski definition) is 2. The van der Waals surface area contributed by atoms with Crippen LogP contribution in [0.3, 0.4) is 0 Å². The second kappa shape index (κ2) is 4.25.